The Balaban J connectivity index is 1.50. The van der Waals surface area contributed by atoms with Crippen LogP contribution in [0.2, 0.25) is 5.02 Å². The van der Waals surface area contributed by atoms with Crippen molar-refractivity contribution in [1.29, 1.82) is 0 Å². The van der Waals surface area contributed by atoms with Crippen LogP contribution in [-0.4, -0.2) is 22.3 Å². The number of carbonyl (C=O) groups is 2. The predicted octanol–water partition coefficient (Wildman–Crippen LogP) is 6.98. The second kappa shape index (κ2) is 9.80. The summed E-state index contributed by atoms with van der Waals surface area (Å²) < 4.78 is 11.0. The third kappa shape index (κ3) is 4.94. The molecule has 0 bridgehead atoms. The minimum atomic E-state index is -0.970. The zero-order chi connectivity index (χ0) is 24.2. The van der Waals surface area contributed by atoms with E-state index in [1.54, 1.807) is 50.2 Å². The van der Waals surface area contributed by atoms with Crippen LogP contribution in [0.1, 0.15) is 34.6 Å². The fourth-order valence-corrected chi connectivity index (χ4v) is 3.78. The number of anilines is 1. The van der Waals surface area contributed by atoms with E-state index in [1.807, 2.05) is 36.4 Å². The van der Waals surface area contributed by atoms with Gasteiger partial charge in [0.1, 0.15) is 17.5 Å². The van der Waals surface area contributed by atoms with E-state index in [9.17, 15) is 9.59 Å². The van der Waals surface area contributed by atoms with Crippen molar-refractivity contribution in [2.45, 2.75) is 20.0 Å². The van der Waals surface area contributed by atoms with Gasteiger partial charge in [-0.25, -0.2) is 9.59 Å². The molecule has 1 aromatic heterocycles. The standard InChI is InChI=1S/C26H21ClN2O5/c1-15-23(28-26(32)33-16(2)21-5-3-4-6-22(21)27)24(34-29-15)19-11-7-17(8-12-19)18-9-13-20(14-10-18)25(30)31/h3-14,16H,1-2H3,(H,28,32)(H,30,31)/t16-/m1/s1. The molecule has 0 fully saturated rings. The summed E-state index contributed by atoms with van der Waals surface area (Å²) in [5.74, 6) is -0.574. The fourth-order valence-electron chi connectivity index (χ4n) is 3.49. The van der Waals surface area contributed by atoms with Crippen molar-refractivity contribution in [2.75, 3.05) is 5.32 Å². The number of nitrogens with zero attached hydrogens (tertiary/aromatic N) is 1. The Morgan fingerprint density at radius 2 is 1.56 bits per heavy atom. The van der Waals surface area contributed by atoms with E-state index in [1.165, 1.54) is 0 Å². The molecule has 4 aromatic rings. The van der Waals surface area contributed by atoms with Crippen molar-refractivity contribution in [3.8, 4) is 22.5 Å². The topological polar surface area (TPSA) is 102 Å². The van der Waals surface area contributed by atoms with Gasteiger partial charge in [-0.3, -0.25) is 5.32 Å². The van der Waals surface area contributed by atoms with Gasteiger partial charge in [-0.2, -0.15) is 0 Å². The molecule has 1 atom stereocenters. The Bertz CT molecular complexity index is 1330. The molecule has 4 rings (SSSR count). The highest BCUT2D eigenvalue weighted by atomic mass is 35.5. The van der Waals surface area contributed by atoms with Crippen LogP contribution in [0.3, 0.4) is 0 Å². The van der Waals surface area contributed by atoms with Crippen LogP contribution in [0.4, 0.5) is 10.5 Å². The number of benzene rings is 3. The molecule has 0 unspecified atom stereocenters. The SMILES string of the molecule is Cc1noc(-c2ccc(-c3ccc(C(=O)O)cc3)cc2)c1NC(=O)O[C@H](C)c1ccccc1Cl. The van der Waals surface area contributed by atoms with Gasteiger partial charge in [0.2, 0.25) is 0 Å². The first-order chi connectivity index (χ1) is 16.3. The number of carboxylic acids is 1. The zero-order valence-electron chi connectivity index (χ0n) is 18.4. The molecule has 0 radical (unpaired) electrons. The summed E-state index contributed by atoms with van der Waals surface area (Å²) in [5.41, 5.74) is 4.33. The van der Waals surface area contributed by atoms with Gasteiger partial charge in [-0.15, -0.1) is 0 Å². The van der Waals surface area contributed by atoms with E-state index in [0.29, 0.717) is 33.3 Å². The number of amides is 1. The molecule has 1 heterocycles. The predicted molar refractivity (Wildman–Crippen MR) is 129 cm³/mol. The number of aryl methyl sites for hydroxylation is 1. The quantitative estimate of drug-likeness (QED) is 0.311. The maximum absolute atomic E-state index is 12.6. The number of aromatic nitrogens is 1. The molecular weight excluding hydrogens is 456 g/mol. The number of carbonyl (C=O) groups excluding carboxylic acids is 1. The van der Waals surface area contributed by atoms with Crippen molar-refractivity contribution in [1.82, 2.24) is 5.16 Å². The van der Waals surface area contributed by atoms with E-state index in [4.69, 9.17) is 26.0 Å². The normalized spacial score (nSPS) is 11.6. The van der Waals surface area contributed by atoms with Gasteiger partial charge >= 0.3 is 12.1 Å². The average Bonchev–Trinajstić information content (AvgIpc) is 3.19. The molecule has 0 aliphatic carbocycles. The first-order valence-electron chi connectivity index (χ1n) is 10.5. The molecule has 1 amide bonds. The molecule has 0 saturated heterocycles. The second-order valence-electron chi connectivity index (χ2n) is 7.63. The van der Waals surface area contributed by atoms with Gasteiger partial charge in [0.25, 0.3) is 0 Å². The highest BCUT2D eigenvalue weighted by molar-refractivity contribution is 6.31. The van der Waals surface area contributed by atoms with Gasteiger partial charge in [-0.05, 0) is 43.2 Å². The van der Waals surface area contributed by atoms with Gasteiger partial charge in [0.05, 0.1) is 5.56 Å². The minimum Gasteiger partial charge on any atom is -0.478 e. The maximum Gasteiger partial charge on any atom is 0.412 e. The molecule has 8 heteroatoms. The van der Waals surface area contributed by atoms with Crippen LogP contribution >= 0.6 is 11.6 Å². The van der Waals surface area contributed by atoms with Crippen molar-refractivity contribution in [2.24, 2.45) is 0 Å². The first kappa shape index (κ1) is 23.1. The van der Waals surface area contributed by atoms with Crippen molar-refractivity contribution in [3.63, 3.8) is 0 Å². The summed E-state index contributed by atoms with van der Waals surface area (Å²) in [5, 5.41) is 16.3. The first-order valence-corrected chi connectivity index (χ1v) is 10.8. The molecule has 3 aromatic carbocycles. The van der Waals surface area contributed by atoms with Gasteiger partial charge < -0.3 is 14.4 Å². The Labute approximate surface area is 200 Å². The van der Waals surface area contributed by atoms with Crippen LogP contribution < -0.4 is 5.32 Å². The third-order valence-electron chi connectivity index (χ3n) is 5.33. The van der Waals surface area contributed by atoms with Crippen LogP contribution in [0.15, 0.2) is 77.3 Å². The summed E-state index contributed by atoms with van der Waals surface area (Å²) in [6.07, 6.45) is -1.21. The largest absolute Gasteiger partial charge is 0.478 e. The van der Waals surface area contributed by atoms with Gasteiger partial charge in [0.15, 0.2) is 5.76 Å². The Kier molecular flexibility index (Phi) is 6.65. The second-order valence-corrected chi connectivity index (χ2v) is 8.03. The number of nitrogens with one attached hydrogen (secondary N) is 1. The number of carboxylic acid groups (broad SMARTS) is 1. The average molecular weight is 477 g/mol. The molecule has 172 valence electrons. The summed E-state index contributed by atoms with van der Waals surface area (Å²) >= 11 is 6.19. The van der Waals surface area contributed by atoms with E-state index >= 15 is 0 Å². The highest BCUT2D eigenvalue weighted by Gasteiger charge is 2.20. The lowest BCUT2D eigenvalue weighted by Crippen LogP contribution is -2.17. The van der Waals surface area contributed by atoms with Crippen molar-refractivity contribution < 1.29 is 24.0 Å². The van der Waals surface area contributed by atoms with Gasteiger partial charge in [-0.1, -0.05) is 71.4 Å². The summed E-state index contributed by atoms with van der Waals surface area (Å²) in [4.78, 5) is 23.6. The van der Waals surface area contributed by atoms with E-state index in [-0.39, 0.29) is 5.56 Å². The van der Waals surface area contributed by atoms with Crippen LogP contribution in [0.25, 0.3) is 22.5 Å². The molecule has 0 saturated carbocycles. The molecular formula is C26H21ClN2O5. The van der Waals surface area contributed by atoms with Crippen molar-refractivity contribution in [3.05, 3.63) is 94.6 Å². The van der Waals surface area contributed by atoms with E-state index in [0.717, 1.165) is 11.1 Å². The highest BCUT2D eigenvalue weighted by Crippen LogP contribution is 2.33. The number of aromatic carboxylic acids is 1. The Hall–Kier alpha value is -4.10. The molecule has 0 aliphatic heterocycles. The molecule has 2 N–H and O–H groups in total. The zero-order valence-corrected chi connectivity index (χ0v) is 19.2. The number of rotatable bonds is 6. The Morgan fingerprint density at radius 1 is 0.971 bits per heavy atom. The number of hydrogen-bond acceptors (Lipinski definition) is 5. The van der Waals surface area contributed by atoms with Crippen molar-refractivity contribution >= 4 is 29.4 Å². The number of halogens is 1. The van der Waals surface area contributed by atoms with Crippen LogP contribution in [0.5, 0.6) is 0 Å². The fraction of sp³-hybridized carbons (Fsp3) is 0.115. The van der Waals surface area contributed by atoms with Crippen LogP contribution in [-0.2, 0) is 4.74 Å². The molecule has 0 spiro atoms. The summed E-state index contributed by atoms with van der Waals surface area (Å²) in [6, 6.07) is 21.2. The third-order valence-corrected chi connectivity index (χ3v) is 5.67. The van der Waals surface area contributed by atoms with E-state index in [2.05, 4.69) is 10.5 Å². The lowest BCUT2D eigenvalue weighted by molar-refractivity contribution is 0.0696. The monoisotopic (exact) mass is 476 g/mol. The summed E-state index contributed by atoms with van der Waals surface area (Å²) in [7, 11) is 0. The molecule has 7 nitrogen and oxygen atoms in total. The van der Waals surface area contributed by atoms with Crippen LogP contribution in [0, 0.1) is 6.92 Å². The maximum atomic E-state index is 12.6. The molecule has 34 heavy (non-hydrogen) atoms. The van der Waals surface area contributed by atoms with Gasteiger partial charge in [0, 0.05) is 16.1 Å². The Morgan fingerprint density at radius 3 is 2.18 bits per heavy atom. The van der Waals surface area contributed by atoms with E-state index < -0.39 is 18.2 Å². The minimum absolute atomic E-state index is 0.226. The lowest BCUT2D eigenvalue weighted by atomic mass is 10.0. The smallest absolute Gasteiger partial charge is 0.412 e. The lowest BCUT2D eigenvalue weighted by Gasteiger charge is -2.15. The molecule has 0 aliphatic rings. The summed E-state index contributed by atoms with van der Waals surface area (Å²) in [6.45, 7) is 3.46. The number of hydrogen-bond donors (Lipinski definition) is 2. The number of ether oxygens (including phenoxy) is 1.